The van der Waals surface area contributed by atoms with Crippen LogP contribution in [0.1, 0.15) is 45.4 Å². The maximum absolute atomic E-state index is 12.6. The molecule has 2 heterocycles. The molecule has 0 aromatic carbocycles. The van der Waals surface area contributed by atoms with Crippen LogP contribution in [-0.4, -0.2) is 58.9 Å². The molecule has 1 saturated carbocycles. The summed E-state index contributed by atoms with van der Waals surface area (Å²) < 4.78 is 0. The smallest absolute Gasteiger partial charge is 0.325 e. The topological polar surface area (TPSA) is 95.7 Å². The summed E-state index contributed by atoms with van der Waals surface area (Å²) in [7, 11) is 0. The van der Waals surface area contributed by atoms with E-state index in [2.05, 4.69) is 5.32 Å². The number of amides is 4. The van der Waals surface area contributed by atoms with Gasteiger partial charge in [-0.2, -0.15) is 0 Å². The molecule has 3 N–H and O–H groups in total. The zero-order chi connectivity index (χ0) is 16.6. The number of nitrogens with one attached hydrogen (secondary N) is 1. The largest absolute Gasteiger partial charge is 0.341 e. The first-order valence-corrected chi connectivity index (χ1v) is 8.60. The maximum Gasteiger partial charge on any atom is 0.325 e. The standard InChI is InChI=1S/C16H26N4O3.ClH/c1-11(17)12-4-8-19(9-5-12)13(21)10-20-14(22)16(18-15(20)23)6-2-3-7-16;/h11-12H,2-10,17H2,1H3,(H,18,23);1H. The van der Waals surface area contributed by atoms with Crippen molar-refractivity contribution in [2.45, 2.75) is 57.0 Å². The molecule has 3 fully saturated rings. The predicted molar refractivity (Wildman–Crippen MR) is 91.6 cm³/mol. The van der Waals surface area contributed by atoms with Gasteiger partial charge in [0.1, 0.15) is 12.1 Å². The first-order chi connectivity index (χ1) is 10.9. The Hall–Kier alpha value is -1.34. The predicted octanol–water partition coefficient (Wildman–Crippen LogP) is 0.859. The fraction of sp³-hybridized carbons (Fsp3) is 0.812. The van der Waals surface area contributed by atoms with Crippen LogP contribution in [0.5, 0.6) is 0 Å². The van der Waals surface area contributed by atoms with Crippen molar-refractivity contribution in [2.75, 3.05) is 19.6 Å². The fourth-order valence-electron chi connectivity index (χ4n) is 4.05. The number of hydrogen-bond acceptors (Lipinski definition) is 4. The number of nitrogens with zero attached hydrogens (tertiary/aromatic N) is 2. The van der Waals surface area contributed by atoms with Crippen LogP contribution in [0, 0.1) is 5.92 Å². The number of rotatable bonds is 3. The van der Waals surface area contributed by atoms with Crippen molar-refractivity contribution in [2.24, 2.45) is 11.7 Å². The summed E-state index contributed by atoms with van der Waals surface area (Å²) in [4.78, 5) is 40.0. The third-order valence-electron chi connectivity index (χ3n) is 5.63. The summed E-state index contributed by atoms with van der Waals surface area (Å²) in [6.07, 6.45) is 5.02. The van der Waals surface area contributed by atoms with Gasteiger partial charge in [-0.25, -0.2) is 4.79 Å². The average Bonchev–Trinajstić information content (AvgIpc) is 3.08. The lowest BCUT2D eigenvalue weighted by molar-refractivity contribution is -0.139. The summed E-state index contributed by atoms with van der Waals surface area (Å²) in [6, 6.07) is -0.281. The number of hydrogen-bond donors (Lipinski definition) is 2. The van der Waals surface area contributed by atoms with E-state index in [1.165, 1.54) is 0 Å². The Bertz CT molecular complexity index is 511. The van der Waals surface area contributed by atoms with E-state index in [-0.39, 0.29) is 36.8 Å². The van der Waals surface area contributed by atoms with E-state index in [1.807, 2.05) is 6.92 Å². The minimum Gasteiger partial charge on any atom is -0.341 e. The van der Waals surface area contributed by atoms with Crippen molar-refractivity contribution < 1.29 is 14.4 Å². The zero-order valence-corrected chi connectivity index (χ0v) is 14.9. The molecule has 0 bridgehead atoms. The van der Waals surface area contributed by atoms with Crippen LogP contribution >= 0.6 is 12.4 Å². The van der Waals surface area contributed by atoms with Gasteiger partial charge in [-0.15, -0.1) is 12.4 Å². The Morgan fingerprint density at radius 1 is 1.29 bits per heavy atom. The van der Waals surface area contributed by atoms with E-state index >= 15 is 0 Å². The monoisotopic (exact) mass is 358 g/mol. The molecule has 1 spiro atoms. The van der Waals surface area contributed by atoms with E-state index < -0.39 is 11.6 Å². The van der Waals surface area contributed by atoms with Gasteiger partial charge >= 0.3 is 6.03 Å². The average molecular weight is 359 g/mol. The van der Waals surface area contributed by atoms with E-state index in [0.717, 1.165) is 30.6 Å². The molecule has 1 atom stereocenters. The van der Waals surface area contributed by atoms with E-state index in [9.17, 15) is 14.4 Å². The molecule has 4 amide bonds. The number of imide groups is 1. The molecular weight excluding hydrogens is 332 g/mol. The van der Waals surface area contributed by atoms with E-state index in [4.69, 9.17) is 5.73 Å². The van der Waals surface area contributed by atoms with Crippen LogP contribution in [0.15, 0.2) is 0 Å². The summed E-state index contributed by atoms with van der Waals surface area (Å²) >= 11 is 0. The Balaban J connectivity index is 0.00000208. The normalized spacial score (nSPS) is 24.9. The summed E-state index contributed by atoms with van der Waals surface area (Å²) in [6.45, 7) is 3.16. The van der Waals surface area contributed by atoms with Crippen molar-refractivity contribution in [1.29, 1.82) is 0 Å². The molecule has 1 unspecified atom stereocenters. The highest BCUT2D eigenvalue weighted by Crippen LogP contribution is 2.35. The second kappa shape index (κ2) is 7.27. The summed E-state index contributed by atoms with van der Waals surface area (Å²) in [5, 5.41) is 2.81. The SMILES string of the molecule is CC(N)C1CCN(C(=O)CN2C(=O)NC3(CCCC3)C2=O)CC1.Cl. The van der Waals surface area contributed by atoms with Crippen molar-refractivity contribution in [3.05, 3.63) is 0 Å². The second-order valence-electron chi connectivity index (χ2n) is 7.19. The molecule has 3 rings (SSSR count). The molecule has 24 heavy (non-hydrogen) atoms. The zero-order valence-electron chi connectivity index (χ0n) is 14.1. The molecule has 2 saturated heterocycles. The van der Waals surface area contributed by atoms with Crippen molar-refractivity contribution in [1.82, 2.24) is 15.1 Å². The van der Waals surface area contributed by atoms with Gasteiger partial charge in [-0.3, -0.25) is 14.5 Å². The van der Waals surface area contributed by atoms with Gasteiger partial charge in [0.05, 0.1) is 0 Å². The molecule has 8 heteroatoms. The van der Waals surface area contributed by atoms with Gasteiger partial charge < -0.3 is 16.0 Å². The Labute approximate surface area is 148 Å². The number of likely N-dealkylation sites (tertiary alicyclic amines) is 1. The molecule has 7 nitrogen and oxygen atoms in total. The fourth-order valence-corrected chi connectivity index (χ4v) is 4.05. The van der Waals surface area contributed by atoms with Crippen LogP contribution < -0.4 is 11.1 Å². The van der Waals surface area contributed by atoms with Gasteiger partial charge in [-0.05, 0) is 38.5 Å². The molecule has 0 aromatic rings. The Morgan fingerprint density at radius 3 is 2.42 bits per heavy atom. The van der Waals surface area contributed by atoms with Crippen LogP contribution in [0.25, 0.3) is 0 Å². The number of carbonyl (C=O) groups excluding carboxylic acids is 3. The van der Waals surface area contributed by atoms with E-state index in [0.29, 0.717) is 31.8 Å². The quantitative estimate of drug-likeness (QED) is 0.731. The van der Waals surface area contributed by atoms with Crippen LogP contribution in [0.3, 0.4) is 0 Å². The van der Waals surface area contributed by atoms with E-state index in [1.54, 1.807) is 4.90 Å². The number of urea groups is 1. The molecular formula is C16H27ClN4O3. The van der Waals surface area contributed by atoms with Crippen LogP contribution in [0.4, 0.5) is 4.79 Å². The van der Waals surface area contributed by atoms with Crippen molar-refractivity contribution in [3.8, 4) is 0 Å². The highest BCUT2D eigenvalue weighted by Gasteiger charge is 2.52. The van der Waals surface area contributed by atoms with Crippen molar-refractivity contribution in [3.63, 3.8) is 0 Å². The highest BCUT2D eigenvalue weighted by atomic mass is 35.5. The highest BCUT2D eigenvalue weighted by molar-refractivity contribution is 6.09. The molecule has 1 aliphatic carbocycles. The van der Waals surface area contributed by atoms with Gasteiger partial charge in [-0.1, -0.05) is 12.8 Å². The maximum atomic E-state index is 12.6. The Morgan fingerprint density at radius 2 is 1.88 bits per heavy atom. The lowest BCUT2D eigenvalue weighted by Gasteiger charge is -2.34. The summed E-state index contributed by atoms with van der Waals surface area (Å²) in [5.74, 6) is 0.0722. The molecule has 2 aliphatic heterocycles. The first-order valence-electron chi connectivity index (χ1n) is 8.60. The third kappa shape index (κ3) is 3.37. The number of carbonyl (C=O) groups is 3. The minimum atomic E-state index is -0.737. The molecule has 0 radical (unpaired) electrons. The Kier molecular flexibility index (Phi) is 5.75. The van der Waals surface area contributed by atoms with Crippen LogP contribution in [-0.2, 0) is 9.59 Å². The molecule has 0 aromatic heterocycles. The van der Waals surface area contributed by atoms with Crippen LogP contribution in [0.2, 0.25) is 0 Å². The lowest BCUT2D eigenvalue weighted by Crippen LogP contribution is -2.48. The number of nitrogens with two attached hydrogens (primary N) is 1. The number of piperidine rings is 1. The summed E-state index contributed by atoms with van der Waals surface area (Å²) in [5.41, 5.74) is 5.18. The third-order valence-corrected chi connectivity index (χ3v) is 5.63. The minimum absolute atomic E-state index is 0. The van der Waals surface area contributed by atoms with Crippen molar-refractivity contribution >= 4 is 30.3 Å². The van der Waals surface area contributed by atoms with Gasteiger partial charge in [0.15, 0.2) is 0 Å². The van der Waals surface area contributed by atoms with Gasteiger partial charge in [0.2, 0.25) is 5.91 Å². The van der Waals surface area contributed by atoms with Gasteiger partial charge in [0, 0.05) is 19.1 Å². The number of halogens is 1. The molecule has 3 aliphatic rings. The first kappa shape index (κ1) is 19.0. The van der Waals surface area contributed by atoms with Gasteiger partial charge in [0.25, 0.3) is 5.91 Å². The molecule has 136 valence electrons. The second-order valence-corrected chi connectivity index (χ2v) is 7.19. The lowest BCUT2D eigenvalue weighted by atomic mass is 9.91.